The lowest BCUT2D eigenvalue weighted by Crippen LogP contribution is -2.61. The van der Waals surface area contributed by atoms with E-state index in [4.69, 9.17) is 14.3 Å². The zero-order chi connectivity index (χ0) is 31.1. The molecule has 7 rings (SSSR count). The zero-order valence-electron chi connectivity index (χ0n) is 25.0. The van der Waals surface area contributed by atoms with E-state index in [0.29, 0.717) is 41.0 Å². The highest BCUT2D eigenvalue weighted by molar-refractivity contribution is 6.06. The predicted octanol–water partition coefficient (Wildman–Crippen LogP) is 6.82. The molecule has 2 aliphatic rings. The minimum absolute atomic E-state index is 0.173. The quantitative estimate of drug-likeness (QED) is 0.176. The number of aromatic carboxylic acids is 1. The third-order valence-electron chi connectivity index (χ3n) is 9.26. The van der Waals surface area contributed by atoms with Crippen molar-refractivity contribution in [2.75, 3.05) is 12.4 Å². The summed E-state index contributed by atoms with van der Waals surface area (Å²) in [5, 5.41) is 21.7. The van der Waals surface area contributed by atoms with Crippen molar-refractivity contribution in [3.05, 3.63) is 83.7 Å². The van der Waals surface area contributed by atoms with Gasteiger partial charge in [0, 0.05) is 27.9 Å². The minimum Gasteiger partial charge on any atom is -0.497 e. The first-order valence-electron chi connectivity index (χ1n) is 15.4. The number of anilines is 1. The van der Waals surface area contributed by atoms with Gasteiger partial charge in [-0.05, 0) is 92.8 Å². The molecule has 0 atom stereocenters. The number of rotatable bonds is 8. The average Bonchev–Trinajstić information content (AvgIpc) is 3.64. The number of benzene rings is 3. The summed E-state index contributed by atoms with van der Waals surface area (Å²) in [6, 6.07) is 19.8. The van der Waals surface area contributed by atoms with Crippen LogP contribution in [0.15, 0.2) is 71.1 Å². The highest BCUT2D eigenvalue weighted by atomic mass is 16.5. The van der Waals surface area contributed by atoms with Gasteiger partial charge in [-0.25, -0.2) is 9.48 Å². The molecule has 3 N–H and O–H groups in total. The minimum atomic E-state index is -1.16. The van der Waals surface area contributed by atoms with E-state index < -0.39 is 11.5 Å². The van der Waals surface area contributed by atoms with Crippen molar-refractivity contribution < 1.29 is 28.6 Å². The Bertz CT molecular complexity index is 1930. The Hall–Kier alpha value is -5.12. The summed E-state index contributed by atoms with van der Waals surface area (Å²) in [7, 11) is 1.65. The number of carboxylic acids is 1. The molecular formula is C35H34N4O6. The smallest absolute Gasteiger partial charge is 0.371 e. The molecule has 2 heterocycles. The third-order valence-corrected chi connectivity index (χ3v) is 9.26. The number of hydrogen-bond donors (Lipinski definition) is 3. The molecule has 2 aromatic heterocycles. The molecule has 2 aliphatic carbocycles. The zero-order valence-corrected chi connectivity index (χ0v) is 25.0. The van der Waals surface area contributed by atoms with Crippen LogP contribution in [0.3, 0.4) is 0 Å². The Morgan fingerprint density at radius 3 is 2.42 bits per heavy atom. The lowest BCUT2D eigenvalue weighted by atomic mass is 9.75. The first-order chi connectivity index (χ1) is 21.8. The highest BCUT2D eigenvalue weighted by Gasteiger charge is 2.45. The van der Waals surface area contributed by atoms with E-state index in [1.54, 1.807) is 25.3 Å². The van der Waals surface area contributed by atoms with Crippen molar-refractivity contribution >= 4 is 45.3 Å². The van der Waals surface area contributed by atoms with Crippen LogP contribution in [0.4, 0.5) is 5.69 Å². The second-order valence-electron chi connectivity index (χ2n) is 12.1. The van der Waals surface area contributed by atoms with Crippen molar-refractivity contribution in [1.82, 2.24) is 15.1 Å². The van der Waals surface area contributed by atoms with Crippen LogP contribution in [0.5, 0.6) is 5.75 Å². The van der Waals surface area contributed by atoms with Crippen molar-refractivity contribution in [2.24, 2.45) is 0 Å². The van der Waals surface area contributed by atoms with E-state index in [2.05, 4.69) is 10.6 Å². The topological polar surface area (TPSA) is 136 Å². The third kappa shape index (κ3) is 5.30. The molecule has 5 aromatic rings. The maximum absolute atomic E-state index is 13.6. The molecule has 230 valence electrons. The van der Waals surface area contributed by atoms with E-state index in [0.717, 1.165) is 41.6 Å². The molecule has 2 amide bonds. The number of carbonyl (C=O) groups excluding carboxylic acids is 2. The number of carbonyl (C=O) groups is 3. The second-order valence-corrected chi connectivity index (χ2v) is 12.1. The molecule has 0 spiro atoms. The van der Waals surface area contributed by atoms with Gasteiger partial charge >= 0.3 is 5.97 Å². The number of amides is 2. The van der Waals surface area contributed by atoms with Gasteiger partial charge in [-0.15, -0.1) is 0 Å². The van der Waals surface area contributed by atoms with Gasteiger partial charge in [-0.2, -0.15) is 5.10 Å². The van der Waals surface area contributed by atoms with E-state index >= 15 is 0 Å². The molecule has 0 radical (unpaired) electrons. The summed E-state index contributed by atoms with van der Waals surface area (Å²) in [6.45, 7) is 0. The van der Waals surface area contributed by atoms with Crippen molar-refractivity contribution in [1.29, 1.82) is 0 Å². The molecule has 2 fully saturated rings. The monoisotopic (exact) mass is 606 g/mol. The van der Waals surface area contributed by atoms with Gasteiger partial charge in [0.2, 0.25) is 11.7 Å². The summed E-state index contributed by atoms with van der Waals surface area (Å²) < 4.78 is 12.7. The van der Waals surface area contributed by atoms with Gasteiger partial charge < -0.3 is 24.9 Å². The fraction of sp³-hybridized carbons (Fsp3) is 0.314. The van der Waals surface area contributed by atoms with E-state index in [1.165, 1.54) is 31.0 Å². The van der Waals surface area contributed by atoms with Crippen LogP contribution in [0.2, 0.25) is 0 Å². The molecule has 0 aliphatic heterocycles. The molecule has 10 nitrogen and oxygen atoms in total. The number of carboxylic acid groups (broad SMARTS) is 1. The maximum Gasteiger partial charge on any atom is 0.371 e. The van der Waals surface area contributed by atoms with E-state index in [9.17, 15) is 19.5 Å². The molecule has 0 unspecified atom stereocenters. The van der Waals surface area contributed by atoms with Crippen LogP contribution < -0.4 is 15.4 Å². The number of nitrogens with one attached hydrogen (secondary N) is 2. The van der Waals surface area contributed by atoms with Gasteiger partial charge in [-0.1, -0.05) is 25.3 Å². The second kappa shape index (κ2) is 11.4. The molecule has 10 heteroatoms. The van der Waals surface area contributed by atoms with Gasteiger partial charge in [0.1, 0.15) is 16.9 Å². The maximum atomic E-state index is 13.6. The van der Waals surface area contributed by atoms with Gasteiger partial charge in [0.05, 0.1) is 24.0 Å². The number of ether oxygens (including phenoxy) is 1. The largest absolute Gasteiger partial charge is 0.497 e. The van der Waals surface area contributed by atoms with Gasteiger partial charge in [0.25, 0.3) is 5.91 Å². The van der Waals surface area contributed by atoms with Crippen LogP contribution >= 0.6 is 0 Å². The summed E-state index contributed by atoms with van der Waals surface area (Å²) in [4.78, 5) is 38.4. The lowest BCUT2D eigenvalue weighted by Gasteiger charge is -2.40. The molecule has 0 saturated heterocycles. The summed E-state index contributed by atoms with van der Waals surface area (Å²) in [5.41, 5.74) is 3.15. The molecular weight excluding hydrogens is 572 g/mol. The van der Waals surface area contributed by atoms with Crippen molar-refractivity contribution in [3.8, 4) is 11.4 Å². The summed E-state index contributed by atoms with van der Waals surface area (Å²) in [5.74, 6) is -0.827. The first kappa shape index (κ1) is 28.6. The fourth-order valence-corrected chi connectivity index (χ4v) is 6.64. The van der Waals surface area contributed by atoms with Gasteiger partial charge in [0.15, 0.2) is 0 Å². The standard InChI is InChI=1S/C35H34N4O6/c1-44-26-12-10-25(11-13-26)39-31(21-6-3-2-4-7-21)27-14-8-22(19-28(27)38-39)32(40)37-35(16-5-17-35)34(43)36-24-9-15-29-23(18-24)20-30(45-29)33(41)42/h8-15,18-21H,2-7,16-17H2,1H3,(H,36,43)(H,37,40)(H,41,42). The predicted molar refractivity (Wildman–Crippen MR) is 169 cm³/mol. The van der Waals surface area contributed by atoms with Crippen molar-refractivity contribution in [3.63, 3.8) is 0 Å². The van der Waals surface area contributed by atoms with E-state index in [1.807, 2.05) is 47.1 Å². The Morgan fingerprint density at radius 1 is 0.956 bits per heavy atom. The Morgan fingerprint density at radius 2 is 1.73 bits per heavy atom. The Kier molecular flexibility index (Phi) is 7.27. The van der Waals surface area contributed by atoms with E-state index in [-0.39, 0.29) is 17.6 Å². The Balaban J connectivity index is 1.15. The number of nitrogens with zero attached hydrogens (tertiary/aromatic N) is 2. The number of fused-ring (bicyclic) bond motifs is 2. The fourth-order valence-electron chi connectivity index (χ4n) is 6.64. The van der Waals surface area contributed by atoms with Gasteiger partial charge in [-0.3, -0.25) is 9.59 Å². The Labute approximate surface area is 259 Å². The lowest BCUT2D eigenvalue weighted by molar-refractivity contribution is -0.125. The van der Waals surface area contributed by atoms with Crippen LogP contribution in [0, 0.1) is 0 Å². The normalized spacial score (nSPS) is 16.3. The molecule has 45 heavy (non-hydrogen) atoms. The number of methoxy groups -OCH3 is 1. The number of furan rings is 1. The van der Waals surface area contributed by atoms with Crippen LogP contribution in [0.1, 0.15) is 83.9 Å². The SMILES string of the molecule is COc1ccc(-n2nc3cc(C(=O)NC4(C(=O)Nc5ccc6oc(C(=O)O)cc6c5)CCC4)ccc3c2C2CCCCC2)cc1. The number of aromatic nitrogens is 2. The molecule has 2 saturated carbocycles. The first-order valence-corrected chi connectivity index (χ1v) is 15.4. The van der Waals surface area contributed by atoms with Crippen LogP contribution in [0.25, 0.3) is 27.6 Å². The summed E-state index contributed by atoms with van der Waals surface area (Å²) in [6.07, 6.45) is 7.66. The molecule has 3 aromatic carbocycles. The van der Waals surface area contributed by atoms with Crippen LogP contribution in [-0.2, 0) is 4.79 Å². The van der Waals surface area contributed by atoms with Crippen LogP contribution in [-0.4, -0.2) is 45.3 Å². The number of hydrogen-bond acceptors (Lipinski definition) is 6. The molecule has 0 bridgehead atoms. The van der Waals surface area contributed by atoms with Crippen molar-refractivity contribution in [2.45, 2.75) is 62.8 Å². The summed E-state index contributed by atoms with van der Waals surface area (Å²) >= 11 is 0. The average molecular weight is 607 g/mol. The highest BCUT2D eigenvalue weighted by Crippen LogP contribution is 2.39.